The Morgan fingerprint density at radius 3 is 2.62 bits per heavy atom. The second-order valence-electron chi connectivity index (χ2n) is 4.72. The largest absolute Gasteiger partial charge is 0.416 e. The van der Waals surface area contributed by atoms with Crippen LogP contribution in [0.15, 0.2) is 30.5 Å². The number of hydrogen-bond donors (Lipinski definition) is 1. The summed E-state index contributed by atoms with van der Waals surface area (Å²) in [6.45, 7) is 2.21. The van der Waals surface area contributed by atoms with Crippen LogP contribution in [0.1, 0.15) is 22.9 Å². The molecule has 1 aromatic carbocycles. The number of alkyl halides is 3. The molecule has 0 aliphatic rings. The Kier molecular flexibility index (Phi) is 4.58. The normalized spacial score (nSPS) is 13.4. The van der Waals surface area contributed by atoms with E-state index >= 15 is 0 Å². The molecular formula is C14H15ClF3N3. The van der Waals surface area contributed by atoms with Crippen molar-refractivity contribution in [3.05, 3.63) is 52.3 Å². The summed E-state index contributed by atoms with van der Waals surface area (Å²) in [4.78, 5) is 0. The molecular weight excluding hydrogens is 303 g/mol. The van der Waals surface area contributed by atoms with E-state index in [1.54, 1.807) is 17.8 Å². The van der Waals surface area contributed by atoms with E-state index < -0.39 is 11.7 Å². The van der Waals surface area contributed by atoms with Gasteiger partial charge in [-0.05, 0) is 31.7 Å². The standard InChI is InChI=1S/C14H15ClF3N3/c1-9-12(15)7-20-21(9)8-13(19-2)10-4-3-5-11(6-10)14(16,17)18/h3-7,13,19H,8H2,1-2H3. The highest BCUT2D eigenvalue weighted by atomic mass is 35.5. The van der Waals surface area contributed by atoms with Gasteiger partial charge in [0.15, 0.2) is 0 Å². The Morgan fingerprint density at radius 1 is 1.38 bits per heavy atom. The molecule has 0 saturated carbocycles. The lowest BCUT2D eigenvalue weighted by molar-refractivity contribution is -0.137. The van der Waals surface area contributed by atoms with Crippen LogP contribution in [0.5, 0.6) is 0 Å². The highest BCUT2D eigenvalue weighted by Crippen LogP contribution is 2.31. The minimum atomic E-state index is -4.35. The van der Waals surface area contributed by atoms with Gasteiger partial charge in [-0.2, -0.15) is 18.3 Å². The molecule has 1 aromatic heterocycles. The van der Waals surface area contributed by atoms with Crippen molar-refractivity contribution in [2.24, 2.45) is 0 Å². The summed E-state index contributed by atoms with van der Waals surface area (Å²) in [6, 6.07) is 5.00. The zero-order valence-corrected chi connectivity index (χ0v) is 12.3. The van der Waals surface area contributed by atoms with Gasteiger partial charge in [0.2, 0.25) is 0 Å². The van der Waals surface area contributed by atoms with Crippen LogP contribution in [0.3, 0.4) is 0 Å². The van der Waals surface area contributed by atoms with Crippen molar-refractivity contribution in [3.8, 4) is 0 Å². The number of rotatable bonds is 4. The van der Waals surface area contributed by atoms with Gasteiger partial charge < -0.3 is 5.32 Å². The van der Waals surface area contributed by atoms with E-state index in [2.05, 4.69) is 10.4 Å². The lowest BCUT2D eigenvalue weighted by atomic mass is 10.0. The first-order chi connectivity index (χ1) is 9.82. The summed E-state index contributed by atoms with van der Waals surface area (Å²) >= 11 is 5.93. The number of hydrogen-bond acceptors (Lipinski definition) is 2. The smallest absolute Gasteiger partial charge is 0.311 e. The van der Waals surface area contributed by atoms with E-state index in [1.165, 1.54) is 12.3 Å². The van der Waals surface area contributed by atoms with Gasteiger partial charge in [-0.25, -0.2) is 0 Å². The predicted octanol–water partition coefficient (Wildman–Crippen LogP) is 3.82. The Bertz CT molecular complexity index is 622. The van der Waals surface area contributed by atoms with Gasteiger partial charge >= 0.3 is 6.18 Å². The highest BCUT2D eigenvalue weighted by molar-refractivity contribution is 6.31. The van der Waals surface area contributed by atoms with Gasteiger partial charge in [-0.1, -0.05) is 23.7 Å². The quantitative estimate of drug-likeness (QED) is 0.929. The van der Waals surface area contributed by atoms with E-state index in [4.69, 9.17) is 11.6 Å². The first kappa shape index (κ1) is 15.9. The second kappa shape index (κ2) is 6.07. The van der Waals surface area contributed by atoms with Gasteiger partial charge in [0.1, 0.15) is 0 Å². The molecule has 0 bridgehead atoms. The molecule has 0 fully saturated rings. The fourth-order valence-electron chi connectivity index (χ4n) is 2.08. The van der Waals surface area contributed by atoms with E-state index in [9.17, 15) is 13.2 Å². The van der Waals surface area contributed by atoms with Gasteiger partial charge in [-0.15, -0.1) is 0 Å². The zero-order chi connectivity index (χ0) is 15.6. The van der Waals surface area contributed by atoms with Crippen molar-refractivity contribution in [2.75, 3.05) is 7.05 Å². The van der Waals surface area contributed by atoms with Crippen molar-refractivity contribution < 1.29 is 13.2 Å². The Hall–Kier alpha value is -1.53. The third-order valence-electron chi connectivity index (χ3n) is 3.36. The fourth-order valence-corrected chi connectivity index (χ4v) is 2.22. The van der Waals surface area contributed by atoms with Crippen LogP contribution in [0.4, 0.5) is 13.2 Å². The number of nitrogens with zero attached hydrogens (tertiary/aromatic N) is 2. The molecule has 114 valence electrons. The van der Waals surface area contributed by atoms with Crippen LogP contribution in [0.25, 0.3) is 0 Å². The van der Waals surface area contributed by atoms with Crippen LogP contribution in [-0.4, -0.2) is 16.8 Å². The summed E-state index contributed by atoms with van der Waals surface area (Å²) in [6.07, 6.45) is -2.82. The van der Waals surface area contributed by atoms with Crippen LogP contribution in [0.2, 0.25) is 5.02 Å². The van der Waals surface area contributed by atoms with Crippen molar-refractivity contribution >= 4 is 11.6 Å². The third-order valence-corrected chi connectivity index (χ3v) is 3.73. The van der Waals surface area contributed by atoms with Crippen molar-refractivity contribution in [2.45, 2.75) is 25.7 Å². The van der Waals surface area contributed by atoms with Gasteiger partial charge in [0.25, 0.3) is 0 Å². The first-order valence-corrected chi connectivity index (χ1v) is 6.73. The van der Waals surface area contributed by atoms with E-state index in [-0.39, 0.29) is 6.04 Å². The summed E-state index contributed by atoms with van der Waals surface area (Å²) in [5.41, 5.74) is 0.678. The summed E-state index contributed by atoms with van der Waals surface area (Å²) in [5, 5.41) is 7.67. The molecule has 0 radical (unpaired) electrons. The van der Waals surface area contributed by atoms with Crippen molar-refractivity contribution in [1.82, 2.24) is 15.1 Å². The number of likely N-dealkylation sites (N-methyl/N-ethyl adjacent to an activating group) is 1. The molecule has 0 amide bonds. The molecule has 3 nitrogen and oxygen atoms in total. The summed E-state index contributed by atoms with van der Waals surface area (Å²) < 4.78 is 40.0. The maximum atomic E-state index is 12.8. The first-order valence-electron chi connectivity index (χ1n) is 6.35. The van der Waals surface area contributed by atoms with Crippen molar-refractivity contribution in [3.63, 3.8) is 0 Å². The molecule has 0 saturated heterocycles. The molecule has 1 heterocycles. The maximum Gasteiger partial charge on any atom is 0.416 e. The zero-order valence-electron chi connectivity index (χ0n) is 11.6. The summed E-state index contributed by atoms with van der Waals surface area (Å²) in [5.74, 6) is 0. The predicted molar refractivity (Wildman–Crippen MR) is 75.2 cm³/mol. The second-order valence-corrected chi connectivity index (χ2v) is 5.13. The number of benzene rings is 1. The lowest BCUT2D eigenvalue weighted by Crippen LogP contribution is -2.23. The molecule has 1 N–H and O–H groups in total. The summed E-state index contributed by atoms with van der Waals surface area (Å²) in [7, 11) is 1.70. The van der Waals surface area contributed by atoms with Crippen LogP contribution >= 0.6 is 11.6 Å². The molecule has 21 heavy (non-hydrogen) atoms. The fraction of sp³-hybridized carbons (Fsp3) is 0.357. The van der Waals surface area contributed by atoms with Crippen molar-refractivity contribution in [1.29, 1.82) is 0 Å². The molecule has 0 spiro atoms. The monoisotopic (exact) mass is 317 g/mol. The maximum absolute atomic E-state index is 12.8. The molecule has 1 unspecified atom stereocenters. The SMILES string of the molecule is CNC(Cn1ncc(Cl)c1C)c1cccc(C(F)(F)F)c1. The molecule has 2 aromatic rings. The molecule has 2 rings (SSSR count). The molecule has 0 aliphatic carbocycles. The number of halogens is 4. The number of aromatic nitrogens is 2. The molecule has 0 aliphatic heterocycles. The van der Waals surface area contributed by atoms with Gasteiger partial charge in [0.05, 0.1) is 35.1 Å². The average molecular weight is 318 g/mol. The van der Waals surface area contributed by atoms with Gasteiger partial charge in [0, 0.05) is 0 Å². The minimum absolute atomic E-state index is 0.290. The van der Waals surface area contributed by atoms with Crippen LogP contribution in [0, 0.1) is 6.92 Å². The molecule has 1 atom stereocenters. The van der Waals surface area contributed by atoms with Crippen LogP contribution < -0.4 is 5.32 Å². The Labute approximate surface area is 125 Å². The Balaban J connectivity index is 2.27. The minimum Gasteiger partial charge on any atom is -0.311 e. The van der Waals surface area contributed by atoms with Crippen LogP contribution in [-0.2, 0) is 12.7 Å². The third kappa shape index (κ3) is 3.57. The number of nitrogens with one attached hydrogen (secondary N) is 1. The van der Waals surface area contributed by atoms with E-state index in [0.717, 1.165) is 17.8 Å². The van der Waals surface area contributed by atoms with Gasteiger partial charge in [-0.3, -0.25) is 4.68 Å². The topological polar surface area (TPSA) is 29.9 Å². The van der Waals surface area contributed by atoms with E-state index in [0.29, 0.717) is 17.1 Å². The van der Waals surface area contributed by atoms with E-state index in [1.807, 2.05) is 6.92 Å². The lowest BCUT2D eigenvalue weighted by Gasteiger charge is -2.19. The average Bonchev–Trinajstić information content (AvgIpc) is 2.75. The Morgan fingerprint density at radius 2 is 2.10 bits per heavy atom. The molecule has 7 heteroatoms. The highest BCUT2D eigenvalue weighted by Gasteiger charge is 2.31.